The molecule has 1 aliphatic carbocycles. The van der Waals surface area contributed by atoms with Crippen molar-refractivity contribution < 1.29 is 0 Å². The average molecular weight is 283 g/mol. The molecule has 1 saturated carbocycles. The van der Waals surface area contributed by atoms with Crippen LogP contribution in [0.3, 0.4) is 0 Å². The summed E-state index contributed by atoms with van der Waals surface area (Å²) >= 11 is 0. The van der Waals surface area contributed by atoms with Gasteiger partial charge < -0.3 is 5.32 Å². The van der Waals surface area contributed by atoms with Crippen LogP contribution in [-0.4, -0.2) is 16.3 Å². The van der Waals surface area contributed by atoms with Crippen LogP contribution >= 0.6 is 0 Å². The van der Waals surface area contributed by atoms with Crippen LogP contribution < -0.4 is 5.32 Å². The first-order valence-corrected chi connectivity index (χ1v) is 7.72. The van der Waals surface area contributed by atoms with Gasteiger partial charge in [0.25, 0.3) is 0 Å². The van der Waals surface area contributed by atoms with E-state index in [2.05, 4.69) is 62.4 Å². The van der Waals surface area contributed by atoms with E-state index in [9.17, 15) is 0 Å². The van der Waals surface area contributed by atoms with Gasteiger partial charge in [0.05, 0.1) is 5.69 Å². The molecule has 1 fully saturated rings. The quantitative estimate of drug-likeness (QED) is 0.908. The minimum absolute atomic E-state index is 0.462. The normalized spacial score (nSPS) is 19.6. The largest absolute Gasteiger partial charge is 0.312 e. The maximum atomic E-state index is 4.24. The van der Waals surface area contributed by atoms with Crippen molar-refractivity contribution in [3.8, 4) is 5.69 Å². The second-order valence-corrected chi connectivity index (χ2v) is 7.24. The second-order valence-electron chi connectivity index (χ2n) is 7.24. The van der Waals surface area contributed by atoms with E-state index in [-0.39, 0.29) is 0 Å². The van der Waals surface area contributed by atoms with Crippen LogP contribution in [0.2, 0.25) is 0 Å². The van der Waals surface area contributed by atoms with Crippen LogP contribution in [0.4, 0.5) is 0 Å². The van der Waals surface area contributed by atoms with Gasteiger partial charge in [-0.3, -0.25) is 0 Å². The average Bonchev–Trinajstić information content (AvgIpc) is 2.85. The Bertz CT molecular complexity index is 580. The molecular formula is C18H25N3. The lowest BCUT2D eigenvalue weighted by Gasteiger charge is -2.07. The Labute approximate surface area is 127 Å². The molecule has 0 saturated heterocycles. The molecular weight excluding hydrogens is 258 g/mol. The van der Waals surface area contributed by atoms with Gasteiger partial charge in [0.15, 0.2) is 0 Å². The van der Waals surface area contributed by atoms with E-state index in [0.29, 0.717) is 10.8 Å². The van der Waals surface area contributed by atoms with Gasteiger partial charge in [0, 0.05) is 18.9 Å². The van der Waals surface area contributed by atoms with Crippen molar-refractivity contribution in [2.45, 2.75) is 34.2 Å². The van der Waals surface area contributed by atoms with Crippen LogP contribution in [0.15, 0.2) is 42.7 Å². The highest BCUT2D eigenvalue weighted by atomic mass is 15.3. The molecule has 3 rings (SSSR count). The van der Waals surface area contributed by atoms with Crippen LogP contribution in [-0.2, 0) is 6.54 Å². The SMILES string of the molecule is CC1(C)C(CNCc2ccc(-n3cccn3)cc2)C1(C)C. The highest BCUT2D eigenvalue weighted by Gasteiger charge is 2.63. The molecule has 112 valence electrons. The maximum Gasteiger partial charge on any atom is 0.0645 e. The van der Waals surface area contributed by atoms with Crippen molar-refractivity contribution in [2.24, 2.45) is 16.7 Å². The zero-order valence-corrected chi connectivity index (χ0v) is 13.4. The van der Waals surface area contributed by atoms with E-state index >= 15 is 0 Å². The molecule has 0 radical (unpaired) electrons. The van der Waals surface area contributed by atoms with Gasteiger partial charge in [-0.2, -0.15) is 5.10 Å². The molecule has 3 heteroatoms. The van der Waals surface area contributed by atoms with Gasteiger partial charge in [0.2, 0.25) is 0 Å². The molecule has 1 aromatic carbocycles. The summed E-state index contributed by atoms with van der Waals surface area (Å²) in [6, 6.07) is 10.5. The first-order valence-electron chi connectivity index (χ1n) is 7.72. The number of hydrogen-bond acceptors (Lipinski definition) is 2. The molecule has 0 unspecified atom stereocenters. The first kappa shape index (κ1) is 14.3. The third-order valence-corrected chi connectivity index (χ3v) is 5.70. The van der Waals surface area contributed by atoms with Crippen LogP contribution in [0, 0.1) is 16.7 Å². The zero-order valence-electron chi connectivity index (χ0n) is 13.4. The molecule has 1 N–H and O–H groups in total. The number of nitrogens with one attached hydrogen (secondary N) is 1. The number of aromatic nitrogens is 2. The summed E-state index contributed by atoms with van der Waals surface area (Å²) < 4.78 is 1.88. The lowest BCUT2D eigenvalue weighted by molar-refractivity contribution is 0.457. The molecule has 1 aliphatic rings. The molecule has 0 bridgehead atoms. The molecule has 1 heterocycles. The van der Waals surface area contributed by atoms with Gasteiger partial charge in [-0.15, -0.1) is 0 Å². The van der Waals surface area contributed by atoms with E-state index in [1.165, 1.54) is 5.56 Å². The predicted octanol–water partition coefficient (Wildman–Crippen LogP) is 3.64. The Balaban J connectivity index is 1.53. The third-order valence-electron chi connectivity index (χ3n) is 5.70. The third kappa shape index (κ3) is 2.51. The Morgan fingerprint density at radius 2 is 1.76 bits per heavy atom. The molecule has 1 aromatic heterocycles. The molecule has 0 amide bonds. The van der Waals surface area contributed by atoms with Gasteiger partial charge in [-0.05, 0) is 47.1 Å². The smallest absolute Gasteiger partial charge is 0.0645 e. The van der Waals surface area contributed by atoms with Gasteiger partial charge in [-0.25, -0.2) is 4.68 Å². The molecule has 0 spiro atoms. The van der Waals surface area contributed by atoms with Crippen LogP contribution in [0.5, 0.6) is 0 Å². The highest BCUT2D eigenvalue weighted by molar-refractivity contribution is 5.33. The summed E-state index contributed by atoms with van der Waals surface area (Å²) in [4.78, 5) is 0. The summed E-state index contributed by atoms with van der Waals surface area (Å²) in [7, 11) is 0. The van der Waals surface area contributed by atoms with Gasteiger partial charge in [-0.1, -0.05) is 39.8 Å². The maximum absolute atomic E-state index is 4.24. The Morgan fingerprint density at radius 3 is 2.29 bits per heavy atom. The first-order chi connectivity index (χ1) is 9.93. The van der Waals surface area contributed by atoms with Crippen molar-refractivity contribution in [2.75, 3.05) is 6.54 Å². The van der Waals surface area contributed by atoms with Crippen molar-refractivity contribution in [1.29, 1.82) is 0 Å². The summed E-state index contributed by atoms with van der Waals surface area (Å²) in [5.41, 5.74) is 3.35. The minimum atomic E-state index is 0.462. The molecule has 3 nitrogen and oxygen atoms in total. The monoisotopic (exact) mass is 283 g/mol. The molecule has 0 atom stereocenters. The van der Waals surface area contributed by atoms with Crippen molar-refractivity contribution in [3.05, 3.63) is 48.3 Å². The standard InChI is InChI=1S/C18H25N3/c1-17(2)16(18(17,3)4)13-19-12-14-6-8-15(9-7-14)21-11-5-10-20-21/h5-11,16,19H,12-13H2,1-4H3. The van der Waals surface area contributed by atoms with E-state index < -0.39 is 0 Å². The lowest BCUT2D eigenvalue weighted by Crippen LogP contribution is -2.18. The van der Waals surface area contributed by atoms with Crippen LogP contribution in [0.1, 0.15) is 33.3 Å². The molecule has 0 aliphatic heterocycles. The van der Waals surface area contributed by atoms with E-state index in [1.807, 2.05) is 16.9 Å². The fourth-order valence-corrected chi connectivity index (χ4v) is 3.39. The second kappa shape index (κ2) is 4.99. The van der Waals surface area contributed by atoms with Crippen LogP contribution in [0.25, 0.3) is 5.69 Å². The summed E-state index contributed by atoms with van der Waals surface area (Å²) in [6.45, 7) is 11.5. The lowest BCUT2D eigenvalue weighted by atomic mass is 10.0. The van der Waals surface area contributed by atoms with Gasteiger partial charge in [0.1, 0.15) is 0 Å². The predicted molar refractivity (Wildman–Crippen MR) is 86.3 cm³/mol. The van der Waals surface area contributed by atoms with Crippen molar-refractivity contribution in [1.82, 2.24) is 15.1 Å². The highest BCUT2D eigenvalue weighted by Crippen LogP contribution is 2.67. The molecule has 2 aromatic rings. The minimum Gasteiger partial charge on any atom is -0.312 e. The summed E-state index contributed by atoms with van der Waals surface area (Å²) in [5, 5.41) is 7.85. The van der Waals surface area contributed by atoms with E-state index in [1.54, 1.807) is 6.20 Å². The fraction of sp³-hybridized carbons (Fsp3) is 0.500. The molecule has 21 heavy (non-hydrogen) atoms. The van der Waals surface area contributed by atoms with Gasteiger partial charge >= 0.3 is 0 Å². The Kier molecular flexibility index (Phi) is 3.40. The van der Waals surface area contributed by atoms with Crippen molar-refractivity contribution >= 4 is 0 Å². The number of hydrogen-bond donors (Lipinski definition) is 1. The Hall–Kier alpha value is -1.61. The number of rotatable bonds is 5. The van der Waals surface area contributed by atoms with E-state index in [4.69, 9.17) is 0 Å². The Morgan fingerprint density at radius 1 is 1.10 bits per heavy atom. The summed E-state index contributed by atoms with van der Waals surface area (Å²) in [5.74, 6) is 0.772. The van der Waals surface area contributed by atoms with Crippen molar-refractivity contribution in [3.63, 3.8) is 0 Å². The van der Waals surface area contributed by atoms with E-state index in [0.717, 1.165) is 24.7 Å². The zero-order chi connectivity index (χ0) is 15.1. The topological polar surface area (TPSA) is 29.9 Å². The number of nitrogens with zero attached hydrogens (tertiary/aromatic N) is 2. The number of benzene rings is 1. The summed E-state index contributed by atoms with van der Waals surface area (Å²) in [6.07, 6.45) is 3.76. The fourth-order valence-electron chi connectivity index (χ4n) is 3.39.